The van der Waals surface area contributed by atoms with E-state index in [9.17, 15) is 14.7 Å². The van der Waals surface area contributed by atoms with E-state index in [1.54, 1.807) is 4.90 Å². The third-order valence-corrected chi connectivity index (χ3v) is 6.36. The fourth-order valence-corrected chi connectivity index (χ4v) is 4.60. The van der Waals surface area contributed by atoms with Gasteiger partial charge >= 0.3 is 5.97 Å². The van der Waals surface area contributed by atoms with Gasteiger partial charge in [0.05, 0.1) is 10.9 Å². The van der Waals surface area contributed by atoms with Gasteiger partial charge in [-0.15, -0.1) is 0 Å². The first-order chi connectivity index (χ1) is 13.4. The summed E-state index contributed by atoms with van der Waals surface area (Å²) in [6, 6.07) is 0.951. The number of pyridine rings is 1. The smallest absolute Gasteiger partial charge is 0.341 e. The highest BCUT2D eigenvalue weighted by Gasteiger charge is 2.42. The summed E-state index contributed by atoms with van der Waals surface area (Å²) in [6.45, 7) is 1.64. The van der Waals surface area contributed by atoms with Crippen molar-refractivity contribution in [3.63, 3.8) is 0 Å². The lowest BCUT2D eigenvalue weighted by Crippen LogP contribution is -2.64. The summed E-state index contributed by atoms with van der Waals surface area (Å²) in [5, 5.41) is 12.6. The highest BCUT2D eigenvalue weighted by Crippen LogP contribution is 2.41. The number of carboxylic acid groups (broad SMARTS) is 1. The van der Waals surface area contributed by atoms with E-state index in [0.717, 1.165) is 38.2 Å². The molecule has 8 heteroatoms. The quantitative estimate of drug-likeness (QED) is 0.844. The molecular weight excluding hydrogens is 368 g/mol. The zero-order chi connectivity index (χ0) is 19.6. The predicted octanol–water partition coefficient (Wildman–Crippen LogP) is 2.65. The van der Waals surface area contributed by atoms with Gasteiger partial charge in [-0.1, -0.05) is 0 Å². The minimum absolute atomic E-state index is 0.00934. The zero-order valence-corrected chi connectivity index (χ0v) is 15.3. The van der Waals surface area contributed by atoms with E-state index in [4.69, 9.17) is 0 Å². The number of fused-ring (bicyclic) bond motifs is 1. The van der Waals surface area contributed by atoms with Crippen LogP contribution < -0.4 is 15.6 Å². The van der Waals surface area contributed by atoms with E-state index in [1.807, 2.05) is 0 Å². The van der Waals surface area contributed by atoms with Gasteiger partial charge in [-0.05, 0) is 38.2 Å². The first-order valence-electron chi connectivity index (χ1n) is 9.70. The average Bonchev–Trinajstić information content (AvgIpc) is 3.46. The highest BCUT2D eigenvalue weighted by molar-refractivity contribution is 5.94. The van der Waals surface area contributed by atoms with Crippen molar-refractivity contribution >= 4 is 22.6 Å². The van der Waals surface area contributed by atoms with Gasteiger partial charge in [-0.3, -0.25) is 4.79 Å². The van der Waals surface area contributed by atoms with Crippen molar-refractivity contribution in [1.82, 2.24) is 9.88 Å². The normalized spacial score (nSPS) is 21.1. The number of nitrogens with zero attached hydrogens (tertiary/aromatic N) is 2. The molecule has 1 aliphatic heterocycles. The van der Waals surface area contributed by atoms with Gasteiger partial charge in [-0.2, -0.15) is 0 Å². The third-order valence-electron chi connectivity index (χ3n) is 6.36. The van der Waals surface area contributed by atoms with E-state index in [1.165, 1.54) is 10.8 Å². The Kier molecular flexibility index (Phi) is 3.78. The zero-order valence-electron chi connectivity index (χ0n) is 15.3. The van der Waals surface area contributed by atoms with Crippen LogP contribution in [0.5, 0.6) is 0 Å². The molecule has 1 spiro atoms. The standard InChI is InChI=1S/C20H21F2N3O3/c21-14-8-12-16(25(11-2-3-11)9-13(18(12)26)19(27)28)15(22)17(14)24-7-6-23-20(10-24)4-1-5-20/h8-9,11,23H,1-7,10H2,(H,27,28). The molecule has 0 atom stereocenters. The topological polar surface area (TPSA) is 74.6 Å². The number of aromatic carboxylic acids is 1. The molecule has 1 saturated heterocycles. The fourth-order valence-electron chi connectivity index (χ4n) is 4.60. The van der Waals surface area contributed by atoms with Crippen LogP contribution in [0.15, 0.2) is 17.1 Å². The van der Waals surface area contributed by atoms with E-state index >= 15 is 8.78 Å². The van der Waals surface area contributed by atoms with E-state index in [2.05, 4.69) is 5.32 Å². The molecular formula is C20H21F2N3O3. The predicted molar refractivity (Wildman–Crippen MR) is 100 cm³/mol. The molecule has 28 heavy (non-hydrogen) atoms. The summed E-state index contributed by atoms with van der Waals surface area (Å²) in [5.41, 5.74) is -1.50. The summed E-state index contributed by atoms with van der Waals surface area (Å²) in [5.74, 6) is -2.98. The number of benzene rings is 1. The van der Waals surface area contributed by atoms with Crippen molar-refractivity contribution in [3.05, 3.63) is 39.7 Å². The number of hydrogen-bond donors (Lipinski definition) is 2. The molecule has 3 fully saturated rings. The summed E-state index contributed by atoms with van der Waals surface area (Å²) < 4.78 is 32.2. The molecule has 5 rings (SSSR count). The SMILES string of the molecule is O=C(O)c1cn(C2CC2)c2c(F)c(N3CCNC4(CCC4)C3)c(F)cc2c1=O. The summed E-state index contributed by atoms with van der Waals surface area (Å²) in [4.78, 5) is 25.7. The van der Waals surface area contributed by atoms with Gasteiger partial charge in [0, 0.05) is 37.4 Å². The largest absolute Gasteiger partial charge is 0.477 e. The number of halogens is 2. The number of rotatable bonds is 3. The first kappa shape index (κ1) is 17.6. The number of hydrogen-bond acceptors (Lipinski definition) is 4. The Labute approximate surface area is 159 Å². The number of piperazine rings is 1. The van der Waals surface area contributed by atoms with Crippen LogP contribution in [0.1, 0.15) is 48.5 Å². The Morgan fingerprint density at radius 1 is 1.29 bits per heavy atom. The maximum absolute atomic E-state index is 15.6. The fraction of sp³-hybridized carbons (Fsp3) is 0.500. The molecule has 2 saturated carbocycles. The maximum atomic E-state index is 15.6. The molecule has 6 nitrogen and oxygen atoms in total. The van der Waals surface area contributed by atoms with Crippen LogP contribution in [0, 0.1) is 11.6 Å². The molecule has 2 N–H and O–H groups in total. The van der Waals surface area contributed by atoms with Crippen molar-refractivity contribution in [2.24, 2.45) is 0 Å². The number of aromatic nitrogens is 1. The lowest BCUT2D eigenvalue weighted by Gasteiger charge is -2.50. The molecule has 0 radical (unpaired) electrons. The second kappa shape index (κ2) is 6.01. The number of anilines is 1. The van der Waals surface area contributed by atoms with Gasteiger partial charge in [0.1, 0.15) is 17.1 Å². The van der Waals surface area contributed by atoms with E-state index in [-0.39, 0.29) is 28.2 Å². The highest BCUT2D eigenvalue weighted by atomic mass is 19.1. The Balaban J connectivity index is 1.71. The maximum Gasteiger partial charge on any atom is 0.341 e. The number of carboxylic acids is 1. The van der Waals surface area contributed by atoms with Crippen molar-refractivity contribution in [3.8, 4) is 0 Å². The Hall–Kier alpha value is -2.48. The van der Waals surface area contributed by atoms with Crippen molar-refractivity contribution < 1.29 is 18.7 Å². The monoisotopic (exact) mass is 389 g/mol. The summed E-state index contributed by atoms with van der Waals surface area (Å²) in [6.07, 6.45) is 5.83. The lowest BCUT2D eigenvalue weighted by molar-refractivity contribution is 0.0694. The molecule has 3 aliphatic rings. The lowest BCUT2D eigenvalue weighted by atomic mass is 9.75. The molecule has 0 unspecified atom stereocenters. The molecule has 1 aromatic heterocycles. The van der Waals surface area contributed by atoms with Crippen molar-refractivity contribution in [1.29, 1.82) is 0 Å². The van der Waals surface area contributed by atoms with Crippen LogP contribution in [-0.2, 0) is 0 Å². The van der Waals surface area contributed by atoms with Gasteiger partial charge in [-0.25, -0.2) is 13.6 Å². The first-order valence-corrected chi connectivity index (χ1v) is 9.70. The Bertz CT molecular complexity index is 1060. The van der Waals surface area contributed by atoms with Gasteiger partial charge in [0.25, 0.3) is 0 Å². The molecule has 1 aromatic carbocycles. The average molecular weight is 389 g/mol. The van der Waals surface area contributed by atoms with Gasteiger partial charge in [0.2, 0.25) is 5.43 Å². The molecule has 0 amide bonds. The minimum atomic E-state index is -1.39. The summed E-state index contributed by atoms with van der Waals surface area (Å²) >= 11 is 0. The number of carbonyl (C=O) groups is 1. The van der Waals surface area contributed by atoms with Crippen molar-refractivity contribution in [2.45, 2.75) is 43.7 Å². The number of nitrogens with one attached hydrogen (secondary N) is 1. The molecule has 2 aliphatic carbocycles. The van der Waals surface area contributed by atoms with E-state index < -0.39 is 28.6 Å². The van der Waals surface area contributed by atoms with Gasteiger partial charge in [0.15, 0.2) is 5.82 Å². The summed E-state index contributed by atoms with van der Waals surface area (Å²) in [7, 11) is 0. The van der Waals surface area contributed by atoms with Crippen LogP contribution >= 0.6 is 0 Å². The van der Waals surface area contributed by atoms with Crippen LogP contribution in [0.2, 0.25) is 0 Å². The third kappa shape index (κ3) is 2.54. The molecule has 148 valence electrons. The Morgan fingerprint density at radius 3 is 2.64 bits per heavy atom. The van der Waals surface area contributed by atoms with Crippen LogP contribution in [0.25, 0.3) is 10.9 Å². The van der Waals surface area contributed by atoms with Gasteiger partial charge < -0.3 is 19.9 Å². The van der Waals surface area contributed by atoms with Crippen LogP contribution in [-0.4, -0.2) is 40.8 Å². The van der Waals surface area contributed by atoms with Crippen LogP contribution in [0.3, 0.4) is 0 Å². The second-order valence-corrected chi connectivity index (χ2v) is 8.21. The van der Waals surface area contributed by atoms with E-state index in [0.29, 0.717) is 19.6 Å². The second-order valence-electron chi connectivity index (χ2n) is 8.21. The molecule has 0 bridgehead atoms. The van der Waals surface area contributed by atoms with Crippen LogP contribution in [0.4, 0.5) is 14.5 Å². The molecule has 2 aromatic rings. The minimum Gasteiger partial charge on any atom is -0.477 e. The Morgan fingerprint density at radius 2 is 2.04 bits per heavy atom. The van der Waals surface area contributed by atoms with Crippen molar-refractivity contribution in [2.75, 3.05) is 24.5 Å². The molecule has 2 heterocycles.